The van der Waals surface area contributed by atoms with E-state index in [1.807, 2.05) is 37.4 Å². The first-order valence-corrected chi connectivity index (χ1v) is 8.51. The number of carbonyl (C=O) groups excluding carboxylic acids is 2. The molecule has 0 saturated heterocycles. The van der Waals surface area contributed by atoms with E-state index in [0.29, 0.717) is 10.8 Å². The first-order valence-electron chi connectivity index (χ1n) is 7.63. The van der Waals surface area contributed by atoms with Crippen molar-refractivity contribution >= 4 is 34.0 Å². The van der Waals surface area contributed by atoms with Gasteiger partial charge in [0, 0.05) is 17.0 Å². The zero-order chi connectivity index (χ0) is 16.4. The predicted octanol–water partition coefficient (Wildman–Crippen LogP) is 3.29. The molecule has 0 unspecified atom stereocenters. The van der Waals surface area contributed by atoms with Gasteiger partial charge in [-0.3, -0.25) is 9.59 Å². The van der Waals surface area contributed by atoms with Gasteiger partial charge in [0.1, 0.15) is 0 Å². The summed E-state index contributed by atoms with van der Waals surface area (Å²) in [6.07, 6.45) is 2.12. The topological polar surface area (TPSA) is 71.1 Å². The highest BCUT2D eigenvalue weighted by Crippen LogP contribution is 2.30. The summed E-state index contributed by atoms with van der Waals surface area (Å²) in [5.74, 6) is 0.0690. The minimum Gasteiger partial charge on any atom is -0.326 e. The van der Waals surface area contributed by atoms with Gasteiger partial charge in [0.05, 0.1) is 12.1 Å². The molecular formula is C17H19N3O2S. The quantitative estimate of drug-likeness (QED) is 0.884. The maximum Gasteiger partial charge on any atom is 0.230 e. The van der Waals surface area contributed by atoms with Crippen molar-refractivity contribution in [1.82, 2.24) is 4.98 Å². The van der Waals surface area contributed by atoms with Gasteiger partial charge in [0.15, 0.2) is 5.13 Å². The first kappa shape index (κ1) is 15.7. The van der Waals surface area contributed by atoms with Crippen LogP contribution >= 0.6 is 11.3 Å². The number of thiazole rings is 1. The number of hydrogen-bond donors (Lipinski definition) is 2. The number of rotatable bonds is 5. The van der Waals surface area contributed by atoms with E-state index >= 15 is 0 Å². The summed E-state index contributed by atoms with van der Waals surface area (Å²) in [4.78, 5) is 28.1. The Kier molecular flexibility index (Phi) is 4.43. The van der Waals surface area contributed by atoms with Crippen molar-refractivity contribution in [3.8, 4) is 0 Å². The van der Waals surface area contributed by atoms with E-state index in [4.69, 9.17) is 0 Å². The Labute approximate surface area is 139 Å². The van der Waals surface area contributed by atoms with Gasteiger partial charge < -0.3 is 10.6 Å². The van der Waals surface area contributed by atoms with Crippen LogP contribution in [0, 0.1) is 19.8 Å². The van der Waals surface area contributed by atoms with Crippen LogP contribution in [0.4, 0.5) is 10.8 Å². The summed E-state index contributed by atoms with van der Waals surface area (Å²) in [5, 5.41) is 8.05. The van der Waals surface area contributed by atoms with E-state index in [9.17, 15) is 9.59 Å². The van der Waals surface area contributed by atoms with Gasteiger partial charge in [-0.25, -0.2) is 4.98 Å². The number of amides is 2. The third-order valence-electron chi connectivity index (χ3n) is 3.86. The molecule has 0 atom stereocenters. The molecule has 0 bridgehead atoms. The van der Waals surface area contributed by atoms with Gasteiger partial charge in [-0.15, -0.1) is 11.3 Å². The van der Waals surface area contributed by atoms with Crippen LogP contribution in [-0.2, 0) is 16.0 Å². The van der Waals surface area contributed by atoms with E-state index in [-0.39, 0.29) is 24.2 Å². The van der Waals surface area contributed by atoms with Crippen molar-refractivity contribution in [3.05, 3.63) is 40.4 Å². The first-order chi connectivity index (χ1) is 11.0. The summed E-state index contributed by atoms with van der Waals surface area (Å²) < 4.78 is 0. The largest absolute Gasteiger partial charge is 0.326 e. The van der Waals surface area contributed by atoms with Gasteiger partial charge in [0.25, 0.3) is 0 Å². The second-order valence-electron chi connectivity index (χ2n) is 5.93. The molecule has 5 nitrogen and oxygen atoms in total. The van der Waals surface area contributed by atoms with Crippen molar-refractivity contribution in [2.24, 2.45) is 5.92 Å². The molecule has 2 amide bonds. The molecule has 1 saturated carbocycles. The molecule has 2 N–H and O–H groups in total. The zero-order valence-corrected chi connectivity index (χ0v) is 14.0. The van der Waals surface area contributed by atoms with Crippen LogP contribution in [-0.4, -0.2) is 16.8 Å². The fraction of sp³-hybridized carbons (Fsp3) is 0.353. The van der Waals surface area contributed by atoms with Crippen LogP contribution < -0.4 is 10.6 Å². The van der Waals surface area contributed by atoms with E-state index in [2.05, 4.69) is 15.6 Å². The van der Waals surface area contributed by atoms with Crippen LogP contribution in [0.25, 0.3) is 0 Å². The summed E-state index contributed by atoms with van der Waals surface area (Å²) in [6.45, 7) is 4.05. The number of hydrogen-bond acceptors (Lipinski definition) is 4. The standard InChI is InChI=1S/C17H19N3O2S/c1-10-3-6-13(7-11(10)2)18-15(21)8-14-9-23-17(19-14)20-16(22)12-4-5-12/h3,6-7,9,12H,4-5,8H2,1-2H3,(H,18,21)(H,19,20,22). The van der Waals surface area contributed by atoms with E-state index in [1.54, 1.807) is 0 Å². The highest BCUT2D eigenvalue weighted by Gasteiger charge is 2.30. The molecule has 3 rings (SSSR count). The number of carbonyl (C=O) groups is 2. The molecule has 2 aromatic rings. The van der Waals surface area contributed by atoms with E-state index in [0.717, 1.165) is 24.1 Å². The number of anilines is 2. The van der Waals surface area contributed by atoms with Crippen LogP contribution in [0.3, 0.4) is 0 Å². The van der Waals surface area contributed by atoms with E-state index < -0.39 is 0 Å². The number of nitrogens with one attached hydrogen (secondary N) is 2. The van der Waals surface area contributed by atoms with Crippen molar-refractivity contribution in [2.75, 3.05) is 10.6 Å². The molecule has 1 aliphatic carbocycles. The summed E-state index contributed by atoms with van der Waals surface area (Å²) in [7, 11) is 0. The minimum absolute atomic E-state index is 0.0329. The smallest absolute Gasteiger partial charge is 0.230 e. The van der Waals surface area contributed by atoms with Gasteiger partial charge in [0.2, 0.25) is 11.8 Å². The summed E-state index contributed by atoms with van der Waals surface area (Å²) in [5.41, 5.74) is 3.79. The van der Waals surface area contributed by atoms with Crippen molar-refractivity contribution in [2.45, 2.75) is 33.1 Å². The molecule has 23 heavy (non-hydrogen) atoms. The molecule has 0 radical (unpaired) electrons. The van der Waals surface area contributed by atoms with E-state index in [1.165, 1.54) is 16.9 Å². The lowest BCUT2D eigenvalue weighted by Gasteiger charge is -2.06. The molecule has 1 aliphatic rings. The van der Waals surface area contributed by atoms with Crippen LogP contribution in [0.1, 0.15) is 29.7 Å². The average molecular weight is 329 g/mol. The summed E-state index contributed by atoms with van der Waals surface area (Å²) >= 11 is 1.35. The highest BCUT2D eigenvalue weighted by molar-refractivity contribution is 7.13. The van der Waals surface area contributed by atoms with Gasteiger partial charge in [-0.05, 0) is 49.9 Å². The van der Waals surface area contributed by atoms with Crippen LogP contribution in [0.5, 0.6) is 0 Å². The molecule has 6 heteroatoms. The molecule has 0 aliphatic heterocycles. The second-order valence-corrected chi connectivity index (χ2v) is 6.79. The number of benzene rings is 1. The Morgan fingerprint density at radius 2 is 2.00 bits per heavy atom. The average Bonchev–Trinajstić information content (AvgIpc) is 3.26. The SMILES string of the molecule is Cc1ccc(NC(=O)Cc2csc(NC(=O)C3CC3)n2)cc1C. The van der Waals surface area contributed by atoms with Gasteiger partial charge in [-0.1, -0.05) is 6.07 Å². The Bertz CT molecular complexity index is 750. The highest BCUT2D eigenvalue weighted by atomic mass is 32.1. The van der Waals surface area contributed by atoms with Crippen LogP contribution in [0.15, 0.2) is 23.6 Å². The lowest BCUT2D eigenvalue weighted by molar-refractivity contribution is -0.117. The molecular weight excluding hydrogens is 310 g/mol. The van der Waals surface area contributed by atoms with Crippen molar-refractivity contribution in [3.63, 3.8) is 0 Å². The second kappa shape index (κ2) is 6.50. The Balaban J connectivity index is 1.56. The number of nitrogens with zero attached hydrogens (tertiary/aromatic N) is 1. The Morgan fingerprint density at radius 1 is 1.22 bits per heavy atom. The zero-order valence-electron chi connectivity index (χ0n) is 13.2. The number of aryl methyl sites for hydroxylation is 2. The lowest BCUT2D eigenvalue weighted by Crippen LogP contribution is -2.15. The number of aromatic nitrogens is 1. The molecule has 1 heterocycles. The normalized spacial score (nSPS) is 13.7. The van der Waals surface area contributed by atoms with Gasteiger partial charge in [-0.2, -0.15) is 0 Å². The monoisotopic (exact) mass is 329 g/mol. The van der Waals surface area contributed by atoms with Crippen molar-refractivity contribution in [1.29, 1.82) is 0 Å². The lowest BCUT2D eigenvalue weighted by atomic mass is 10.1. The van der Waals surface area contributed by atoms with Crippen molar-refractivity contribution < 1.29 is 9.59 Å². The van der Waals surface area contributed by atoms with Crippen LogP contribution in [0.2, 0.25) is 0 Å². The third kappa shape index (κ3) is 4.16. The summed E-state index contributed by atoms with van der Waals surface area (Å²) in [6, 6.07) is 5.83. The van der Waals surface area contributed by atoms with Gasteiger partial charge >= 0.3 is 0 Å². The molecule has 1 aromatic carbocycles. The Hall–Kier alpha value is -2.21. The molecule has 0 spiro atoms. The minimum atomic E-state index is -0.112. The maximum atomic E-state index is 12.1. The Morgan fingerprint density at radius 3 is 2.70 bits per heavy atom. The predicted molar refractivity (Wildman–Crippen MR) is 91.7 cm³/mol. The molecule has 1 fully saturated rings. The molecule has 120 valence electrons. The molecule has 1 aromatic heterocycles. The third-order valence-corrected chi connectivity index (χ3v) is 4.67. The fourth-order valence-corrected chi connectivity index (χ4v) is 2.90. The maximum absolute atomic E-state index is 12.1. The fourth-order valence-electron chi connectivity index (χ4n) is 2.19.